The Hall–Kier alpha value is -3.51. The highest BCUT2D eigenvalue weighted by molar-refractivity contribution is 9.10. The Bertz CT molecular complexity index is 1620. The molecule has 0 N–H and O–H groups in total. The molecule has 1 aliphatic rings. The highest BCUT2D eigenvalue weighted by atomic mass is 79.9. The summed E-state index contributed by atoms with van der Waals surface area (Å²) in [5.41, 5.74) is 0.945. The summed E-state index contributed by atoms with van der Waals surface area (Å²) in [5, 5.41) is 0. The molecular weight excluding hydrogens is 598 g/mol. The number of ether oxygens (including phenoxy) is 4. The van der Waals surface area contributed by atoms with Gasteiger partial charge in [0.25, 0.3) is 5.56 Å². The first-order chi connectivity index (χ1) is 18.7. The molecule has 2 heterocycles. The Kier molecular flexibility index (Phi) is 8.86. The van der Waals surface area contributed by atoms with Gasteiger partial charge >= 0.3 is 12.6 Å². The minimum absolute atomic E-state index is 0.0717. The number of para-hydroxylation sites is 1. The van der Waals surface area contributed by atoms with Crippen LogP contribution in [0.25, 0.3) is 6.08 Å². The van der Waals surface area contributed by atoms with E-state index >= 15 is 0 Å². The normalized spacial score (nSPS) is 15.2. The quantitative estimate of drug-likeness (QED) is 0.325. The van der Waals surface area contributed by atoms with Crippen LogP contribution in [0.4, 0.5) is 8.78 Å². The van der Waals surface area contributed by atoms with Crippen LogP contribution in [0.2, 0.25) is 0 Å². The van der Waals surface area contributed by atoms with Crippen LogP contribution in [0, 0.1) is 0 Å². The number of esters is 1. The Balaban J connectivity index is 1.99. The fourth-order valence-corrected chi connectivity index (χ4v) is 5.80. The van der Waals surface area contributed by atoms with Crippen LogP contribution in [0.15, 0.2) is 61.9 Å². The zero-order valence-corrected chi connectivity index (χ0v) is 23.9. The third-order valence-corrected chi connectivity index (χ3v) is 7.49. The topological polar surface area (TPSA) is 88.4 Å². The molecule has 2 aromatic carbocycles. The summed E-state index contributed by atoms with van der Waals surface area (Å²) in [6, 6.07) is 8.65. The summed E-state index contributed by atoms with van der Waals surface area (Å²) >= 11 is 4.63. The van der Waals surface area contributed by atoms with Crippen molar-refractivity contribution in [3.63, 3.8) is 0 Å². The number of allylic oxidation sites excluding steroid dienone is 1. The lowest BCUT2D eigenvalue weighted by molar-refractivity contribution is -0.139. The van der Waals surface area contributed by atoms with E-state index in [0.717, 1.165) is 11.3 Å². The molecule has 0 saturated heterocycles. The van der Waals surface area contributed by atoms with E-state index in [-0.39, 0.29) is 22.5 Å². The summed E-state index contributed by atoms with van der Waals surface area (Å²) in [7, 11) is 1.51. The average molecular weight is 623 g/mol. The third-order valence-electron chi connectivity index (χ3n) is 5.82. The van der Waals surface area contributed by atoms with Crippen LogP contribution < -0.4 is 29.1 Å². The number of fused-ring (bicyclic) bond motifs is 1. The molecule has 0 saturated carbocycles. The molecule has 0 spiro atoms. The van der Waals surface area contributed by atoms with Crippen molar-refractivity contribution in [2.24, 2.45) is 4.99 Å². The minimum atomic E-state index is -3.03. The van der Waals surface area contributed by atoms with Crippen LogP contribution in [0.5, 0.6) is 17.2 Å². The molecule has 4 rings (SSSR count). The van der Waals surface area contributed by atoms with E-state index in [1.165, 1.54) is 23.8 Å². The maximum Gasteiger partial charge on any atom is 0.387 e. The lowest BCUT2D eigenvalue weighted by Crippen LogP contribution is -2.40. The fraction of sp³-hybridized carbons (Fsp3) is 0.296. The van der Waals surface area contributed by atoms with Crippen LogP contribution in [0.1, 0.15) is 37.9 Å². The van der Waals surface area contributed by atoms with Crippen molar-refractivity contribution in [1.82, 2.24) is 4.57 Å². The molecule has 0 radical (unpaired) electrons. The van der Waals surface area contributed by atoms with E-state index < -0.39 is 24.2 Å². The van der Waals surface area contributed by atoms with Gasteiger partial charge in [0.05, 0.1) is 42.2 Å². The van der Waals surface area contributed by atoms with Crippen molar-refractivity contribution < 1.29 is 32.5 Å². The second-order valence-electron chi connectivity index (χ2n) is 8.18. The number of halogens is 3. The molecule has 8 nitrogen and oxygen atoms in total. The molecule has 0 bridgehead atoms. The van der Waals surface area contributed by atoms with E-state index in [4.69, 9.17) is 14.2 Å². The molecule has 0 unspecified atom stereocenters. The number of carbonyl (C=O) groups excluding carboxylic acids is 1. The van der Waals surface area contributed by atoms with E-state index in [1.54, 1.807) is 44.2 Å². The summed E-state index contributed by atoms with van der Waals surface area (Å²) in [5.74, 6) is 0.206. The molecular formula is C27H25BrF2N2O6S. The van der Waals surface area contributed by atoms with E-state index in [9.17, 15) is 18.4 Å². The van der Waals surface area contributed by atoms with Crippen LogP contribution in [-0.4, -0.2) is 37.5 Å². The van der Waals surface area contributed by atoms with Crippen LogP contribution in [-0.2, 0) is 9.53 Å². The number of alkyl halides is 2. The van der Waals surface area contributed by atoms with Crippen molar-refractivity contribution in [3.05, 3.63) is 83.0 Å². The highest BCUT2D eigenvalue weighted by Crippen LogP contribution is 2.41. The summed E-state index contributed by atoms with van der Waals surface area (Å²) < 4.78 is 49.3. The van der Waals surface area contributed by atoms with Gasteiger partial charge in [0, 0.05) is 10.0 Å². The molecule has 12 heteroatoms. The highest BCUT2D eigenvalue weighted by Gasteiger charge is 2.35. The van der Waals surface area contributed by atoms with Crippen LogP contribution in [0.3, 0.4) is 0 Å². The number of carbonyl (C=O) groups is 1. The van der Waals surface area contributed by atoms with Gasteiger partial charge in [-0.25, -0.2) is 9.79 Å². The lowest BCUT2D eigenvalue weighted by atomic mass is 9.95. The van der Waals surface area contributed by atoms with Crippen molar-refractivity contribution >= 4 is 39.3 Å². The summed E-state index contributed by atoms with van der Waals surface area (Å²) in [6.07, 6.45) is 1.47. The third kappa shape index (κ3) is 5.76. The maximum absolute atomic E-state index is 13.9. The van der Waals surface area contributed by atoms with Gasteiger partial charge in [-0.05, 0) is 50.6 Å². The van der Waals surface area contributed by atoms with Gasteiger partial charge in [-0.15, -0.1) is 0 Å². The van der Waals surface area contributed by atoms with Crippen molar-refractivity contribution in [3.8, 4) is 17.2 Å². The molecule has 206 valence electrons. The molecule has 1 atom stereocenters. The number of thiazole rings is 1. The molecule has 3 aromatic rings. The maximum atomic E-state index is 13.9. The number of hydrogen-bond donors (Lipinski definition) is 0. The molecule has 0 amide bonds. The van der Waals surface area contributed by atoms with Gasteiger partial charge < -0.3 is 18.9 Å². The number of nitrogens with zero attached hydrogens (tertiary/aromatic N) is 2. The van der Waals surface area contributed by atoms with Crippen molar-refractivity contribution in [2.45, 2.75) is 33.4 Å². The first kappa shape index (κ1) is 28.5. The Morgan fingerprint density at radius 2 is 1.92 bits per heavy atom. The second-order valence-corrected chi connectivity index (χ2v) is 10.0. The van der Waals surface area contributed by atoms with Crippen LogP contribution >= 0.6 is 27.3 Å². The largest absolute Gasteiger partial charge is 0.493 e. The Morgan fingerprint density at radius 3 is 2.59 bits per heavy atom. The van der Waals surface area contributed by atoms with Crippen molar-refractivity contribution in [2.75, 3.05) is 20.3 Å². The average Bonchev–Trinajstić information content (AvgIpc) is 3.19. The smallest absolute Gasteiger partial charge is 0.387 e. The molecule has 0 fully saturated rings. The first-order valence-electron chi connectivity index (χ1n) is 11.9. The van der Waals surface area contributed by atoms with Crippen molar-refractivity contribution in [1.29, 1.82) is 0 Å². The number of hydrogen-bond acceptors (Lipinski definition) is 8. The van der Waals surface area contributed by atoms with Gasteiger partial charge in [-0.1, -0.05) is 45.5 Å². The molecule has 0 aliphatic carbocycles. The van der Waals surface area contributed by atoms with E-state index in [2.05, 4.69) is 25.7 Å². The Labute approximate surface area is 234 Å². The lowest BCUT2D eigenvalue weighted by Gasteiger charge is -2.26. The zero-order chi connectivity index (χ0) is 28.3. The number of rotatable bonds is 9. The Morgan fingerprint density at radius 1 is 1.18 bits per heavy atom. The number of benzene rings is 2. The van der Waals surface area contributed by atoms with Gasteiger partial charge in [0.15, 0.2) is 16.3 Å². The second kappa shape index (κ2) is 12.1. The van der Waals surface area contributed by atoms with Gasteiger partial charge in [-0.3, -0.25) is 9.36 Å². The molecule has 1 aromatic heterocycles. The SMILES string of the molecule is CCOC(=O)C1=C(C)N=c2s/c(=C/c3ccccc3OC(F)F)c(=O)n2[C@H]1c1cc(OCC)c(OC)cc1Br. The van der Waals surface area contributed by atoms with E-state index in [1.807, 2.05) is 6.92 Å². The fourth-order valence-electron chi connectivity index (χ4n) is 4.22. The summed E-state index contributed by atoms with van der Waals surface area (Å²) in [4.78, 5) is 31.9. The van der Waals surface area contributed by atoms with E-state index in [0.29, 0.717) is 44.2 Å². The molecule has 39 heavy (non-hydrogen) atoms. The predicted octanol–water partition coefficient (Wildman–Crippen LogP) is 4.57. The zero-order valence-electron chi connectivity index (χ0n) is 21.5. The van der Waals surface area contributed by atoms with Gasteiger partial charge in [0.1, 0.15) is 5.75 Å². The monoisotopic (exact) mass is 622 g/mol. The van der Waals surface area contributed by atoms with Gasteiger partial charge in [0.2, 0.25) is 0 Å². The minimum Gasteiger partial charge on any atom is -0.493 e. The van der Waals surface area contributed by atoms with Gasteiger partial charge in [-0.2, -0.15) is 8.78 Å². The number of methoxy groups -OCH3 is 1. The summed E-state index contributed by atoms with van der Waals surface area (Å²) in [6.45, 7) is 2.65. The predicted molar refractivity (Wildman–Crippen MR) is 145 cm³/mol. The standard InChI is InChI=1S/C27H25BrF2N2O6S/c1-5-36-20-12-16(17(28)13-19(20)35-4)23-22(25(34)37-6-2)14(3)31-27-32(23)24(33)21(39-27)11-15-9-7-8-10-18(15)38-26(29)30/h7-13,23,26H,5-6H2,1-4H3/b21-11+/t23-/m0/s1. The number of aromatic nitrogens is 1. The molecule has 1 aliphatic heterocycles. The first-order valence-corrected chi connectivity index (χ1v) is 13.5.